The topological polar surface area (TPSA) is 28.3 Å². The van der Waals surface area contributed by atoms with E-state index in [0.717, 1.165) is 47.3 Å². The Kier molecular flexibility index (Phi) is 3.26. The number of rotatable bonds is 2. The molecule has 0 saturated heterocycles. The number of nitrogens with one attached hydrogen (secondary N) is 1. The first-order valence-corrected chi connectivity index (χ1v) is 9.19. The summed E-state index contributed by atoms with van der Waals surface area (Å²) in [7, 11) is 3.88. The van der Waals surface area contributed by atoms with Crippen LogP contribution in [0.4, 0.5) is 4.39 Å². The summed E-state index contributed by atoms with van der Waals surface area (Å²) in [6, 6.07) is 11.7. The molecular formula is C22H23FN2O. The average molecular weight is 350 g/mol. The van der Waals surface area contributed by atoms with Crippen molar-refractivity contribution in [2.24, 2.45) is 0 Å². The molecule has 0 radical (unpaired) electrons. The minimum atomic E-state index is -0.120. The zero-order valence-corrected chi connectivity index (χ0v) is 15.4. The third-order valence-corrected chi connectivity index (χ3v) is 6.14. The number of aromatic nitrogens is 1. The Bertz CT molecular complexity index is 1020. The smallest absolute Gasteiger partial charge is 0.132 e. The van der Waals surface area contributed by atoms with E-state index in [0.29, 0.717) is 0 Å². The number of halogens is 1. The van der Waals surface area contributed by atoms with Crippen molar-refractivity contribution < 1.29 is 9.13 Å². The molecule has 134 valence electrons. The zero-order valence-electron chi connectivity index (χ0n) is 15.4. The van der Waals surface area contributed by atoms with Gasteiger partial charge in [-0.05, 0) is 56.1 Å². The predicted octanol–water partition coefficient (Wildman–Crippen LogP) is 4.69. The van der Waals surface area contributed by atoms with E-state index in [1.165, 1.54) is 11.1 Å². The highest BCUT2D eigenvalue weighted by Gasteiger charge is 2.53. The number of hydrogen-bond acceptors (Lipinski definition) is 2. The standard InChI is InChI=1S/C22H23FN2O/c1-13-7-8-14(17(11-13)26-3)21-20-19(22(9-10-22)12-25(21)2)18-15(23)5-4-6-16(18)24-20/h4-8,11,21,24H,9-10,12H2,1-3H3. The summed E-state index contributed by atoms with van der Waals surface area (Å²) in [4.78, 5) is 5.94. The second kappa shape index (κ2) is 5.34. The average Bonchev–Trinajstić information content (AvgIpc) is 3.25. The summed E-state index contributed by atoms with van der Waals surface area (Å²) in [6.07, 6.45) is 2.26. The van der Waals surface area contributed by atoms with E-state index in [-0.39, 0.29) is 17.3 Å². The highest BCUT2D eigenvalue weighted by Crippen LogP contribution is 2.58. The largest absolute Gasteiger partial charge is 0.496 e. The van der Waals surface area contributed by atoms with Gasteiger partial charge >= 0.3 is 0 Å². The van der Waals surface area contributed by atoms with E-state index >= 15 is 0 Å². The quantitative estimate of drug-likeness (QED) is 0.726. The van der Waals surface area contributed by atoms with Gasteiger partial charge in [0.2, 0.25) is 0 Å². The number of aryl methyl sites for hydroxylation is 1. The summed E-state index contributed by atoms with van der Waals surface area (Å²) in [5.41, 5.74) is 5.61. The van der Waals surface area contributed by atoms with E-state index in [1.807, 2.05) is 6.07 Å². The Morgan fingerprint density at radius 3 is 2.77 bits per heavy atom. The first-order valence-electron chi connectivity index (χ1n) is 9.19. The first kappa shape index (κ1) is 15.9. The molecule has 1 aliphatic heterocycles. The van der Waals surface area contributed by atoms with E-state index < -0.39 is 0 Å². The molecule has 1 spiro atoms. The van der Waals surface area contributed by atoms with Crippen molar-refractivity contribution in [3.05, 3.63) is 64.6 Å². The first-order chi connectivity index (χ1) is 12.5. The van der Waals surface area contributed by atoms with Gasteiger partial charge < -0.3 is 9.72 Å². The second-order valence-corrected chi connectivity index (χ2v) is 7.92. The van der Waals surface area contributed by atoms with Crippen LogP contribution in [0, 0.1) is 12.7 Å². The van der Waals surface area contributed by atoms with Crippen LogP contribution in [0.3, 0.4) is 0 Å². The minimum absolute atomic E-state index is 0.0403. The van der Waals surface area contributed by atoms with Crippen molar-refractivity contribution >= 4 is 10.9 Å². The van der Waals surface area contributed by atoms with Crippen LogP contribution in [0.2, 0.25) is 0 Å². The summed E-state index contributed by atoms with van der Waals surface area (Å²) in [5.74, 6) is 0.768. The number of H-pyrrole nitrogens is 1. The Balaban J connectivity index is 1.79. The molecule has 2 aromatic carbocycles. The SMILES string of the molecule is COc1cc(C)ccc1C1c2[nH]c3cccc(F)c3c2C2(CC2)CN1C. The third kappa shape index (κ3) is 2.08. The van der Waals surface area contributed by atoms with E-state index in [4.69, 9.17) is 4.74 Å². The lowest BCUT2D eigenvalue weighted by Crippen LogP contribution is -2.39. The number of likely N-dealkylation sites (N-methyl/N-ethyl adjacent to an activating group) is 1. The molecule has 0 bridgehead atoms. The summed E-state index contributed by atoms with van der Waals surface area (Å²) in [6.45, 7) is 3.02. The van der Waals surface area contributed by atoms with Crippen molar-refractivity contribution in [1.82, 2.24) is 9.88 Å². The van der Waals surface area contributed by atoms with Crippen molar-refractivity contribution in [3.63, 3.8) is 0 Å². The van der Waals surface area contributed by atoms with Gasteiger partial charge in [0, 0.05) is 34.1 Å². The molecule has 0 amide bonds. The fourth-order valence-corrected chi connectivity index (χ4v) is 4.84. The number of benzene rings is 2. The van der Waals surface area contributed by atoms with Gasteiger partial charge in [0.25, 0.3) is 0 Å². The fraction of sp³-hybridized carbons (Fsp3) is 0.364. The van der Waals surface area contributed by atoms with Crippen molar-refractivity contribution in [2.45, 2.75) is 31.2 Å². The van der Waals surface area contributed by atoms with Crippen LogP contribution in [-0.2, 0) is 5.41 Å². The van der Waals surface area contributed by atoms with Crippen LogP contribution < -0.4 is 4.74 Å². The van der Waals surface area contributed by atoms with Crippen LogP contribution in [0.1, 0.15) is 41.3 Å². The molecule has 1 aromatic heterocycles. The van der Waals surface area contributed by atoms with Gasteiger partial charge in [0.15, 0.2) is 0 Å². The van der Waals surface area contributed by atoms with Gasteiger partial charge in [-0.3, -0.25) is 4.90 Å². The fourth-order valence-electron chi connectivity index (χ4n) is 4.84. The van der Waals surface area contributed by atoms with Crippen LogP contribution in [0.5, 0.6) is 5.75 Å². The van der Waals surface area contributed by atoms with Gasteiger partial charge in [0.05, 0.1) is 13.2 Å². The number of hydrogen-bond donors (Lipinski definition) is 1. The van der Waals surface area contributed by atoms with Crippen molar-refractivity contribution in [2.75, 3.05) is 20.7 Å². The number of methoxy groups -OCH3 is 1. The number of aromatic amines is 1. The molecule has 1 unspecified atom stereocenters. The van der Waals surface area contributed by atoms with Gasteiger partial charge in [0.1, 0.15) is 11.6 Å². The van der Waals surface area contributed by atoms with Crippen molar-refractivity contribution in [3.8, 4) is 5.75 Å². The molecule has 1 saturated carbocycles. The molecule has 1 atom stereocenters. The molecule has 4 heteroatoms. The Morgan fingerprint density at radius 2 is 2.04 bits per heavy atom. The number of nitrogens with zero attached hydrogens (tertiary/aromatic N) is 1. The summed E-state index contributed by atoms with van der Waals surface area (Å²) in [5, 5.41) is 0.782. The maximum Gasteiger partial charge on any atom is 0.132 e. The highest BCUT2D eigenvalue weighted by atomic mass is 19.1. The lowest BCUT2D eigenvalue weighted by Gasteiger charge is -2.38. The molecule has 3 nitrogen and oxygen atoms in total. The number of fused-ring (bicyclic) bond motifs is 4. The summed E-state index contributed by atoms with van der Waals surface area (Å²) < 4.78 is 20.4. The molecule has 2 aliphatic rings. The zero-order chi connectivity index (χ0) is 18.1. The van der Waals surface area contributed by atoms with Crippen LogP contribution in [0.25, 0.3) is 10.9 Å². The highest BCUT2D eigenvalue weighted by molar-refractivity contribution is 5.88. The molecule has 2 heterocycles. The van der Waals surface area contributed by atoms with Crippen LogP contribution in [-0.4, -0.2) is 30.6 Å². The Labute approximate surface area is 152 Å². The van der Waals surface area contributed by atoms with Gasteiger partial charge in [-0.2, -0.15) is 0 Å². The molecule has 26 heavy (non-hydrogen) atoms. The lowest BCUT2D eigenvalue weighted by atomic mass is 9.83. The molecule has 3 aromatic rings. The molecule has 1 fully saturated rings. The lowest BCUT2D eigenvalue weighted by molar-refractivity contribution is 0.223. The minimum Gasteiger partial charge on any atom is -0.496 e. The van der Waals surface area contributed by atoms with E-state index in [1.54, 1.807) is 19.2 Å². The Morgan fingerprint density at radius 1 is 1.23 bits per heavy atom. The Hall–Kier alpha value is -2.33. The third-order valence-electron chi connectivity index (χ3n) is 6.14. The van der Waals surface area contributed by atoms with Gasteiger partial charge in [-0.25, -0.2) is 4.39 Å². The van der Waals surface area contributed by atoms with E-state index in [9.17, 15) is 4.39 Å². The number of ether oxygens (including phenoxy) is 1. The molecule has 1 N–H and O–H groups in total. The van der Waals surface area contributed by atoms with Crippen LogP contribution >= 0.6 is 0 Å². The van der Waals surface area contributed by atoms with Gasteiger partial charge in [-0.15, -0.1) is 0 Å². The van der Waals surface area contributed by atoms with E-state index in [2.05, 4.69) is 42.1 Å². The van der Waals surface area contributed by atoms with Crippen LogP contribution in [0.15, 0.2) is 36.4 Å². The summed E-state index contributed by atoms with van der Waals surface area (Å²) >= 11 is 0. The maximum atomic E-state index is 14.7. The monoisotopic (exact) mass is 350 g/mol. The van der Waals surface area contributed by atoms with Gasteiger partial charge in [-0.1, -0.05) is 18.2 Å². The van der Waals surface area contributed by atoms with Crippen molar-refractivity contribution in [1.29, 1.82) is 0 Å². The second-order valence-electron chi connectivity index (χ2n) is 7.92. The molecular weight excluding hydrogens is 327 g/mol. The predicted molar refractivity (Wildman–Crippen MR) is 101 cm³/mol. The normalized spacial score (nSPS) is 21.2. The molecule has 5 rings (SSSR count). The molecule has 1 aliphatic carbocycles. The maximum absolute atomic E-state index is 14.7.